The maximum atomic E-state index is 2.41. The van der Waals surface area contributed by atoms with Crippen molar-refractivity contribution in [3.05, 3.63) is 35.9 Å². The van der Waals surface area contributed by atoms with Gasteiger partial charge in [-0.3, -0.25) is 0 Å². The second-order valence-electron chi connectivity index (χ2n) is 4.93. The highest BCUT2D eigenvalue weighted by atomic mass is 14.2. The molecule has 16 heavy (non-hydrogen) atoms. The molecule has 90 valence electrons. The van der Waals surface area contributed by atoms with Crippen LogP contribution in [0.15, 0.2) is 30.3 Å². The van der Waals surface area contributed by atoms with Crippen LogP contribution in [0, 0.1) is 5.92 Å². The molecule has 0 aromatic heterocycles. The molecular formula is C16H26. The maximum Gasteiger partial charge on any atom is -0.0136 e. The van der Waals surface area contributed by atoms with Gasteiger partial charge in [-0.25, -0.2) is 0 Å². The monoisotopic (exact) mass is 218 g/mol. The highest BCUT2D eigenvalue weighted by molar-refractivity contribution is 5.20. The molecule has 0 amide bonds. The van der Waals surface area contributed by atoms with E-state index in [2.05, 4.69) is 51.1 Å². The third-order valence-corrected chi connectivity index (χ3v) is 3.53. The molecule has 2 unspecified atom stereocenters. The fourth-order valence-corrected chi connectivity index (χ4v) is 2.56. The molecule has 0 bridgehead atoms. The summed E-state index contributed by atoms with van der Waals surface area (Å²) in [6.45, 7) is 6.99. The molecule has 1 aromatic rings. The van der Waals surface area contributed by atoms with Crippen molar-refractivity contribution in [1.29, 1.82) is 0 Å². The van der Waals surface area contributed by atoms with Gasteiger partial charge in [0.25, 0.3) is 0 Å². The molecular weight excluding hydrogens is 192 g/mol. The molecule has 0 heterocycles. The van der Waals surface area contributed by atoms with Crippen LogP contribution in [-0.4, -0.2) is 0 Å². The van der Waals surface area contributed by atoms with Gasteiger partial charge in [0.2, 0.25) is 0 Å². The summed E-state index contributed by atoms with van der Waals surface area (Å²) in [6, 6.07) is 11.1. The maximum absolute atomic E-state index is 2.41. The van der Waals surface area contributed by atoms with E-state index in [9.17, 15) is 0 Å². The molecule has 0 saturated heterocycles. The molecule has 0 aliphatic heterocycles. The predicted octanol–water partition coefficient (Wildman–Crippen LogP) is 5.40. The fraction of sp³-hybridized carbons (Fsp3) is 0.625. The number of benzene rings is 1. The predicted molar refractivity (Wildman–Crippen MR) is 72.8 cm³/mol. The van der Waals surface area contributed by atoms with E-state index in [1.807, 2.05) is 0 Å². The van der Waals surface area contributed by atoms with Crippen LogP contribution in [0.1, 0.15) is 64.4 Å². The van der Waals surface area contributed by atoms with E-state index in [0.717, 1.165) is 11.8 Å². The van der Waals surface area contributed by atoms with Crippen LogP contribution in [0.4, 0.5) is 0 Å². The van der Waals surface area contributed by atoms with Crippen molar-refractivity contribution in [3.8, 4) is 0 Å². The van der Waals surface area contributed by atoms with E-state index in [0.29, 0.717) is 0 Å². The van der Waals surface area contributed by atoms with Gasteiger partial charge < -0.3 is 0 Å². The lowest BCUT2D eigenvalue weighted by Gasteiger charge is -2.24. The van der Waals surface area contributed by atoms with E-state index in [1.165, 1.54) is 37.7 Å². The second kappa shape index (κ2) is 7.49. The Balaban J connectivity index is 2.70. The Morgan fingerprint density at radius 3 is 2.19 bits per heavy atom. The van der Waals surface area contributed by atoms with Gasteiger partial charge in [0.05, 0.1) is 0 Å². The Morgan fingerprint density at radius 1 is 0.938 bits per heavy atom. The van der Waals surface area contributed by atoms with Crippen molar-refractivity contribution in [2.45, 2.75) is 58.8 Å². The quantitative estimate of drug-likeness (QED) is 0.575. The summed E-state index contributed by atoms with van der Waals surface area (Å²) >= 11 is 0. The largest absolute Gasteiger partial charge is 0.0654 e. The molecule has 0 nitrogen and oxygen atoms in total. The van der Waals surface area contributed by atoms with E-state index in [-0.39, 0.29) is 0 Å². The zero-order valence-corrected chi connectivity index (χ0v) is 11.1. The molecule has 0 aliphatic carbocycles. The van der Waals surface area contributed by atoms with Crippen molar-refractivity contribution in [2.75, 3.05) is 0 Å². The van der Waals surface area contributed by atoms with Gasteiger partial charge in [0, 0.05) is 0 Å². The number of hydrogen-bond acceptors (Lipinski definition) is 0. The average Bonchev–Trinajstić information content (AvgIpc) is 2.31. The van der Waals surface area contributed by atoms with Crippen molar-refractivity contribution in [1.82, 2.24) is 0 Å². The summed E-state index contributed by atoms with van der Waals surface area (Å²) < 4.78 is 0. The van der Waals surface area contributed by atoms with E-state index < -0.39 is 0 Å². The van der Waals surface area contributed by atoms with Crippen LogP contribution in [0.5, 0.6) is 0 Å². The number of rotatable bonds is 7. The average molecular weight is 218 g/mol. The van der Waals surface area contributed by atoms with Crippen LogP contribution in [0.25, 0.3) is 0 Å². The van der Waals surface area contributed by atoms with Crippen molar-refractivity contribution >= 4 is 0 Å². The number of unbranched alkanes of at least 4 members (excludes halogenated alkanes) is 1. The highest BCUT2D eigenvalue weighted by Gasteiger charge is 2.17. The zero-order chi connectivity index (χ0) is 11.8. The van der Waals surface area contributed by atoms with Gasteiger partial charge >= 0.3 is 0 Å². The highest BCUT2D eigenvalue weighted by Crippen LogP contribution is 2.32. The van der Waals surface area contributed by atoms with E-state index in [1.54, 1.807) is 0 Å². The van der Waals surface area contributed by atoms with Gasteiger partial charge in [-0.2, -0.15) is 0 Å². The van der Waals surface area contributed by atoms with Crippen molar-refractivity contribution in [2.24, 2.45) is 5.92 Å². The topological polar surface area (TPSA) is 0 Å². The SMILES string of the molecule is CCCCC(c1ccccc1)C(C)CCC. The Labute approximate surface area is 101 Å². The molecule has 1 aromatic carbocycles. The fourth-order valence-electron chi connectivity index (χ4n) is 2.56. The molecule has 2 atom stereocenters. The molecule has 0 saturated carbocycles. The minimum atomic E-state index is 0.765. The molecule has 0 aliphatic rings. The van der Waals surface area contributed by atoms with Crippen LogP contribution in [0.2, 0.25) is 0 Å². The van der Waals surface area contributed by atoms with Crippen LogP contribution < -0.4 is 0 Å². The van der Waals surface area contributed by atoms with Gasteiger partial charge in [-0.15, -0.1) is 0 Å². The minimum Gasteiger partial charge on any atom is -0.0654 e. The Bertz CT molecular complexity index is 263. The van der Waals surface area contributed by atoms with Gasteiger partial charge in [-0.05, 0) is 23.8 Å². The minimum absolute atomic E-state index is 0.765. The van der Waals surface area contributed by atoms with Crippen LogP contribution >= 0.6 is 0 Å². The summed E-state index contributed by atoms with van der Waals surface area (Å²) in [5.41, 5.74) is 1.54. The molecule has 0 fully saturated rings. The summed E-state index contributed by atoms with van der Waals surface area (Å²) in [7, 11) is 0. The van der Waals surface area contributed by atoms with E-state index >= 15 is 0 Å². The molecule has 0 radical (unpaired) electrons. The number of hydrogen-bond donors (Lipinski definition) is 0. The lowest BCUT2D eigenvalue weighted by atomic mass is 9.81. The first kappa shape index (κ1) is 13.3. The van der Waals surface area contributed by atoms with Crippen molar-refractivity contribution < 1.29 is 0 Å². The summed E-state index contributed by atoms with van der Waals surface area (Å²) in [5.74, 6) is 1.58. The van der Waals surface area contributed by atoms with Gasteiger partial charge in [0.1, 0.15) is 0 Å². The summed E-state index contributed by atoms with van der Waals surface area (Å²) in [4.78, 5) is 0. The Kier molecular flexibility index (Phi) is 6.22. The molecule has 1 rings (SSSR count). The summed E-state index contributed by atoms with van der Waals surface area (Å²) in [6.07, 6.45) is 6.66. The Hall–Kier alpha value is -0.780. The third kappa shape index (κ3) is 4.00. The van der Waals surface area contributed by atoms with Crippen molar-refractivity contribution in [3.63, 3.8) is 0 Å². The molecule has 0 heteroatoms. The van der Waals surface area contributed by atoms with Crippen LogP contribution in [0.3, 0.4) is 0 Å². The normalized spacial score (nSPS) is 14.7. The van der Waals surface area contributed by atoms with Gasteiger partial charge in [0.15, 0.2) is 0 Å². The Morgan fingerprint density at radius 2 is 1.62 bits per heavy atom. The first-order chi connectivity index (χ1) is 7.79. The third-order valence-electron chi connectivity index (χ3n) is 3.53. The second-order valence-corrected chi connectivity index (χ2v) is 4.93. The first-order valence-electron chi connectivity index (χ1n) is 6.84. The zero-order valence-electron chi connectivity index (χ0n) is 11.1. The van der Waals surface area contributed by atoms with Crippen LogP contribution in [-0.2, 0) is 0 Å². The van der Waals surface area contributed by atoms with E-state index in [4.69, 9.17) is 0 Å². The standard InChI is InChI=1S/C16H26/c1-4-6-13-16(14(3)10-5-2)15-11-8-7-9-12-15/h7-9,11-12,14,16H,4-6,10,13H2,1-3H3. The molecule has 0 N–H and O–H groups in total. The lowest BCUT2D eigenvalue weighted by molar-refractivity contribution is 0.395. The first-order valence-corrected chi connectivity index (χ1v) is 6.84. The molecule has 0 spiro atoms. The lowest BCUT2D eigenvalue weighted by Crippen LogP contribution is -2.10. The summed E-state index contributed by atoms with van der Waals surface area (Å²) in [5, 5.41) is 0. The van der Waals surface area contributed by atoms with Gasteiger partial charge in [-0.1, -0.05) is 76.8 Å². The smallest absolute Gasteiger partial charge is 0.0136 e.